The monoisotopic (exact) mass is 459 g/mol. The molecule has 0 radical (unpaired) electrons. The molecular weight excluding hydrogens is 434 g/mol. The van der Waals surface area contributed by atoms with E-state index >= 15 is 0 Å². The summed E-state index contributed by atoms with van der Waals surface area (Å²) in [6.07, 6.45) is 0.589. The second-order valence-corrected chi connectivity index (χ2v) is 8.68. The number of nitrogens with zero attached hydrogens (tertiary/aromatic N) is 3. The molecule has 1 aromatic heterocycles. The van der Waals surface area contributed by atoms with Crippen LogP contribution in [-0.2, 0) is 0 Å². The van der Waals surface area contributed by atoms with Gasteiger partial charge in [-0.1, -0.05) is 36.7 Å². The van der Waals surface area contributed by atoms with E-state index in [1.54, 1.807) is 46.8 Å². The SMILES string of the molecule is CCC(c1nc2ccccc2c(=O)n1-c1ccc(C)c(C)c1)N(C)C(=O)c1ccc(Cl)cc1. The van der Waals surface area contributed by atoms with Gasteiger partial charge in [0.25, 0.3) is 11.5 Å². The maximum absolute atomic E-state index is 13.7. The molecule has 0 aliphatic heterocycles. The van der Waals surface area contributed by atoms with Crippen molar-refractivity contribution in [3.63, 3.8) is 0 Å². The van der Waals surface area contributed by atoms with Gasteiger partial charge in [-0.25, -0.2) is 4.98 Å². The molecule has 1 atom stereocenters. The molecule has 33 heavy (non-hydrogen) atoms. The van der Waals surface area contributed by atoms with Crippen LogP contribution in [0.5, 0.6) is 0 Å². The van der Waals surface area contributed by atoms with Gasteiger partial charge in [0, 0.05) is 17.6 Å². The van der Waals surface area contributed by atoms with Crippen LogP contribution in [-0.4, -0.2) is 27.4 Å². The van der Waals surface area contributed by atoms with Crippen LogP contribution in [0.2, 0.25) is 5.02 Å². The largest absolute Gasteiger partial charge is 0.332 e. The Kier molecular flexibility index (Phi) is 6.34. The van der Waals surface area contributed by atoms with Crippen molar-refractivity contribution in [2.45, 2.75) is 33.2 Å². The van der Waals surface area contributed by atoms with Gasteiger partial charge in [-0.2, -0.15) is 0 Å². The molecule has 6 heteroatoms. The second-order valence-electron chi connectivity index (χ2n) is 8.24. The van der Waals surface area contributed by atoms with Crippen LogP contribution in [0.1, 0.15) is 46.7 Å². The van der Waals surface area contributed by atoms with E-state index in [4.69, 9.17) is 16.6 Å². The van der Waals surface area contributed by atoms with Crippen molar-refractivity contribution in [1.29, 1.82) is 0 Å². The van der Waals surface area contributed by atoms with Crippen molar-refractivity contribution in [3.05, 3.63) is 105 Å². The lowest BCUT2D eigenvalue weighted by atomic mass is 10.1. The molecule has 0 aliphatic rings. The van der Waals surface area contributed by atoms with E-state index in [9.17, 15) is 9.59 Å². The lowest BCUT2D eigenvalue weighted by molar-refractivity contribution is 0.0717. The fourth-order valence-corrected chi connectivity index (χ4v) is 4.18. The highest BCUT2D eigenvalue weighted by atomic mass is 35.5. The second kappa shape index (κ2) is 9.20. The first-order chi connectivity index (χ1) is 15.8. The molecule has 0 saturated carbocycles. The molecular formula is C27H26ClN3O2. The van der Waals surface area contributed by atoms with Crippen molar-refractivity contribution in [1.82, 2.24) is 14.5 Å². The summed E-state index contributed by atoms with van der Waals surface area (Å²) in [4.78, 5) is 33.5. The third kappa shape index (κ3) is 4.29. The Morgan fingerprint density at radius 3 is 2.39 bits per heavy atom. The van der Waals surface area contributed by atoms with Gasteiger partial charge in [-0.05, 0) is 79.9 Å². The molecule has 4 aromatic rings. The number of hydrogen-bond acceptors (Lipinski definition) is 3. The highest BCUT2D eigenvalue weighted by molar-refractivity contribution is 6.30. The number of aromatic nitrogens is 2. The van der Waals surface area contributed by atoms with E-state index in [2.05, 4.69) is 0 Å². The minimum Gasteiger partial charge on any atom is -0.332 e. The van der Waals surface area contributed by atoms with E-state index in [-0.39, 0.29) is 11.5 Å². The maximum atomic E-state index is 13.7. The smallest absolute Gasteiger partial charge is 0.266 e. The highest BCUT2D eigenvalue weighted by Gasteiger charge is 2.27. The molecule has 0 N–H and O–H groups in total. The Morgan fingerprint density at radius 2 is 1.73 bits per heavy atom. The number of carbonyl (C=O) groups is 1. The molecule has 1 unspecified atom stereocenters. The topological polar surface area (TPSA) is 55.2 Å². The van der Waals surface area contributed by atoms with E-state index in [0.717, 1.165) is 16.8 Å². The summed E-state index contributed by atoms with van der Waals surface area (Å²) in [6.45, 7) is 6.04. The van der Waals surface area contributed by atoms with Gasteiger partial charge in [0.2, 0.25) is 0 Å². The predicted molar refractivity (Wildman–Crippen MR) is 133 cm³/mol. The van der Waals surface area contributed by atoms with Crippen molar-refractivity contribution in [3.8, 4) is 5.69 Å². The number of benzene rings is 3. The van der Waals surface area contributed by atoms with Crippen LogP contribution in [0, 0.1) is 13.8 Å². The first-order valence-electron chi connectivity index (χ1n) is 10.9. The first kappa shape index (κ1) is 22.7. The summed E-state index contributed by atoms with van der Waals surface area (Å²) in [6, 6.07) is 19.6. The van der Waals surface area contributed by atoms with Crippen LogP contribution < -0.4 is 5.56 Å². The summed E-state index contributed by atoms with van der Waals surface area (Å²) in [5.41, 5.74) is 3.96. The van der Waals surface area contributed by atoms with Crippen molar-refractivity contribution in [2.24, 2.45) is 0 Å². The zero-order valence-corrected chi connectivity index (χ0v) is 19.9. The fourth-order valence-electron chi connectivity index (χ4n) is 4.05. The molecule has 0 aliphatic carbocycles. The van der Waals surface area contributed by atoms with Crippen LogP contribution in [0.15, 0.2) is 71.5 Å². The Labute approximate surface area is 198 Å². The Balaban J connectivity index is 1.92. The number of para-hydroxylation sites is 1. The van der Waals surface area contributed by atoms with Crippen molar-refractivity contribution >= 4 is 28.4 Å². The van der Waals surface area contributed by atoms with Gasteiger partial charge in [-0.15, -0.1) is 0 Å². The maximum Gasteiger partial charge on any atom is 0.266 e. The predicted octanol–water partition coefficient (Wildman–Crippen LogP) is 5.88. The lowest BCUT2D eigenvalue weighted by Gasteiger charge is -2.29. The Hall–Kier alpha value is -3.44. The van der Waals surface area contributed by atoms with E-state index in [0.29, 0.717) is 33.7 Å². The van der Waals surface area contributed by atoms with E-state index in [1.165, 1.54) is 0 Å². The minimum absolute atomic E-state index is 0.148. The van der Waals surface area contributed by atoms with Crippen LogP contribution >= 0.6 is 11.6 Å². The number of carbonyl (C=O) groups excluding carboxylic acids is 1. The van der Waals surface area contributed by atoms with Gasteiger partial charge in [-0.3, -0.25) is 14.2 Å². The lowest BCUT2D eigenvalue weighted by Crippen LogP contribution is -2.36. The molecule has 1 heterocycles. The molecule has 5 nitrogen and oxygen atoms in total. The zero-order valence-electron chi connectivity index (χ0n) is 19.2. The van der Waals surface area contributed by atoms with Gasteiger partial charge in [0.05, 0.1) is 22.6 Å². The summed E-state index contributed by atoms with van der Waals surface area (Å²) in [5, 5.41) is 1.11. The van der Waals surface area contributed by atoms with E-state index < -0.39 is 6.04 Å². The quantitative estimate of drug-likeness (QED) is 0.374. The van der Waals surface area contributed by atoms with Crippen molar-refractivity contribution in [2.75, 3.05) is 7.05 Å². The van der Waals surface area contributed by atoms with Gasteiger partial charge < -0.3 is 4.90 Å². The molecule has 4 rings (SSSR count). The van der Waals surface area contributed by atoms with Crippen molar-refractivity contribution < 1.29 is 4.79 Å². The Morgan fingerprint density at radius 1 is 1.03 bits per heavy atom. The first-order valence-corrected chi connectivity index (χ1v) is 11.3. The van der Waals surface area contributed by atoms with Crippen LogP contribution in [0.25, 0.3) is 16.6 Å². The third-order valence-corrected chi connectivity index (χ3v) is 6.37. The van der Waals surface area contributed by atoms with Crippen LogP contribution in [0.4, 0.5) is 0 Å². The fraction of sp³-hybridized carbons (Fsp3) is 0.222. The summed E-state index contributed by atoms with van der Waals surface area (Å²) >= 11 is 5.99. The molecule has 0 saturated heterocycles. The van der Waals surface area contributed by atoms with Gasteiger partial charge >= 0.3 is 0 Å². The zero-order chi connectivity index (χ0) is 23.7. The number of aryl methyl sites for hydroxylation is 2. The molecule has 3 aromatic carbocycles. The number of amides is 1. The van der Waals surface area contributed by atoms with E-state index in [1.807, 2.05) is 57.2 Å². The number of rotatable bonds is 5. The molecule has 0 fully saturated rings. The normalized spacial score (nSPS) is 12.0. The van der Waals surface area contributed by atoms with Gasteiger partial charge in [0.15, 0.2) is 0 Å². The third-order valence-electron chi connectivity index (χ3n) is 6.11. The molecule has 168 valence electrons. The average Bonchev–Trinajstić information content (AvgIpc) is 2.82. The highest BCUT2D eigenvalue weighted by Crippen LogP contribution is 2.27. The Bertz CT molecular complexity index is 1390. The number of fused-ring (bicyclic) bond motifs is 1. The van der Waals surface area contributed by atoms with Gasteiger partial charge in [0.1, 0.15) is 5.82 Å². The summed E-state index contributed by atoms with van der Waals surface area (Å²) in [7, 11) is 1.75. The summed E-state index contributed by atoms with van der Waals surface area (Å²) in [5.74, 6) is 0.377. The molecule has 0 bridgehead atoms. The average molecular weight is 460 g/mol. The number of halogens is 1. The van der Waals surface area contributed by atoms with Crippen LogP contribution in [0.3, 0.4) is 0 Å². The summed E-state index contributed by atoms with van der Waals surface area (Å²) < 4.78 is 1.65. The standard InChI is InChI=1S/C27H26ClN3O2/c1-5-24(30(4)26(32)19-11-13-20(28)14-12-19)25-29-23-9-7-6-8-22(23)27(33)31(25)21-15-10-17(2)18(3)16-21/h6-16,24H,5H2,1-4H3. The molecule has 1 amide bonds. The minimum atomic E-state index is -0.410. The molecule has 0 spiro atoms. The number of hydrogen-bond donors (Lipinski definition) is 0.